The van der Waals surface area contributed by atoms with Crippen LogP contribution in [0.1, 0.15) is 17.0 Å². The summed E-state index contributed by atoms with van der Waals surface area (Å²) < 4.78 is 1.43. The normalized spacial score (nSPS) is 11.0. The van der Waals surface area contributed by atoms with Gasteiger partial charge in [0.25, 0.3) is 5.56 Å². The lowest BCUT2D eigenvalue weighted by molar-refractivity contribution is -0.116. The second kappa shape index (κ2) is 7.64. The van der Waals surface area contributed by atoms with Gasteiger partial charge in [-0.1, -0.05) is 36.4 Å². The molecule has 1 N–H and O–H groups in total. The Balaban J connectivity index is 1.64. The van der Waals surface area contributed by atoms with Crippen molar-refractivity contribution in [2.75, 3.05) is 5.32 Å². The van der Waals surface area contributed by atoms with E-state index in [0.29, 0.717) is 16.0 Å². The lowest BCUT2D eigenvalue weighted by Gasteiger charge is -2.11. The van der Waals surface area contributed by atoms with Crippen molar-refractivity contribution in [3.05, 3.63) is 81.9 Å². The Kier molecular flexibility index (Phi) is 5.03. The highest BCUT2D eigenvalue weighted by molar-refractivity contribution is 7.21. The third-order valence-corrected chi connectivity index (χ3v) is 6.07. The number of nitrogens with zero attached hydrogens (tertiary/aromatic N) is 2. The first-order valence-corrected chi connectivity index (χ1v) is 10.2. The number of thiophene rings is 1. The predicted molar refractivity (Wildman–Crippen MR) is 119 cm³/mol. The van der Waals surface area contributed by atoms with Gasteiger partial charge >= 0.3 is 0 Å². The smallest absolute Gasteiger partial charge is 0.262 e. The fourth-order valence-corrected chi connectivity index (χ4v) is 4.28. The van der Waals surface area contributed by atoms with Crippen LogP contribution < -0.4 is 10.9 Å². The molecule has 0 saturated carbocycles. The fraction of sp³-hybridized carbons (Fsp3) is 0.174. The minimum atomic E-state index is -0.252. The molecule has 4 rings (SSSR count). The van der Waals surface area contributed by atoms with Crippen molar-refractivity contribution in [2.24, 2.45) is 0 Å². The van der Waals surface area contributed by atoms with Crippen LogP contribution in [0.4, 0.5) is 5.69 Å². The van der Waals surface area contributed by atoms with Crippen molar-refractivity contribution in [3.63, 3.8) is 0 Å². The summed E-state index contributed by atoms with van der Waals surface area (Å²) in [5.74, 6) is 0.275. The molecule has 5 nitrogen and oxygen atoms in total. The first-order chi connectivity index (χ1) is 13.9. The summed E-state index contributed by atoms with van der Waals surface area (Å²) in [5, 5.41) is 3.41. The van der Waals surface area contributed by atoms with Crippen molar-refractivity contribution in [1.29, 1.82) is 0 Å². The molecule has 6 heteroatoms. The molecule has 0 aliphatic rings. The second-order valence-electron chi connectivity index (χ2n) is 7.09. The topological polar surface area (TPSA) is 64.0 Å². The van der Waals surface area contributed by atoms with E-state index in [0.717, 1.165) is 27.3 Å². The quantitative estimate of drug-likeness (QED) is 0.538. The van der Waals surface area contributed by atoms with Crippen LogP contribution in [0.5, 0.6) is 0 Å². The molecule has 0 fully saturated rings. The van der Waals surface area contributed by atoms with Gasteiger partial charge in [-0.15, -0.1) is 11.3 Å². The highest BCUT2D eigenvalue weighted by Gasteiger charge is 2.15. The summed E-state index contributed by atoms with van der Waals surface area (Å²) in [6.07, 6.45) is 0. The van der Waals surface area contributed by atoms with Crippen LogP contribution in [0.2, 0.25) is 0 Å². The maximum absolute atomic E-state index is 13.0. The molecule has 146 valence electrons. The van der Waals surface area contributed by atoms with Gasteiger partial charge in [0.15, 0.2) is 0 Å². The SMILES string of the molecule is Cc1ccc(NC(=O)Cn2c(C)nc3sc(-c4ccccc4)cc3c2=O)cc1C. The van der Waals surface area contributed by atoms with Gasteiger partial charge < -0.3 is 5.32 Å². The van der Waals surface area contributed by atoms with Crippen molar-refractivity contribution < 1.29 is 4.79 Å². The Hall–Kier alpha value is -3.25. The van der Waals surface area contributed by atoms with Gasteiger partial charge in [0.2, 0.25) is 5.91 Å². The molecule has 0 atom stereocenters. The Labute approximate surface area is 172 Å². The highest BCUT2D eigenvalue weighted by atomic mass is 32.1. The first kappa shape index (κ1) is 19.1. The molecular weight excluding hydrogens is 382 g/mol. The molecule has 0 spiro atoms. The van der Waals surface area contributed by atoms with E-state index in [2.05, 4.69) is 10.3 Å². The number of carbonyl (C=O) groups is 1. The number of rotatable bonds is 4. The number of hydrogen-bond acceptors (Lipinski definition) is 4. The molecule has 0 bridgehead atoms. The minimum absolute atomic E-state index is 0.0724. The number of anilines is 1. The van der Waals surface area contributed by atoms with E-state index in [4.69, 9.17) is 0 Å². The summed E-state index contributed by atoms with van der Waals surface area (Å²) in [7, 11) is 0. The van der Waals surface area contributed by atoms with Crippen LogP contribution in [0.3, 0.4) is 0 Å². The van der Waals surface area contributed by atoms with E-state index >= 15 is 0 Å². The van der Waals surface area contributed by atoms with Crippen molar-refractivity contribution in [2.45, 2.75) is 27.3 Å². The van der Waals surface area contributed by atoms with Gasteiger partial charge in [0.1, 0.15) is 17.2 Å². The van der Waals surface area contributed by atoms with Gasteiger partial charge in [-0.2, -0.15) is 0 Å². The zero-order valence-corrected chi connectivity index (χ0v) is 17.3. The third kappa shape index (κ3) is 3.84. The molecule has 0 radical (unpaired) electrons. The van der Waals surface area contributed by atoms with Gasteiger partial charge in [0, 0.05) is 10.6 Å². The summed E-state index contributed by atoms with van der Waals surface area (Å²) in [6.45, 7) is 5.71. The molecular formula is C23H21N3O2S. The average molecular weight is 404 g/mol. The van der Waals surface area contributed by atoms with Crippen molar-refractivity contribution in [3.8, 4) is 10.4 Å². The Bertz CT molecular complexity index is 1270. The third-order valence-electron chi connectivity index (χ3n) is 4.99. The van der Waals surface area contributed by atoms with E-state index in [9.17, 15) is 9.59 Å². The van der Waals surface area contributed by atoms with Crippen LogP contribution in [0.25, 0.3) is 20.7 Å². The standard InChI is InChI=1S/C23H21N3O2S/c1-14-9-10-18(11-15(14)2)25-21(27)13-26-16(3)24-22-19(23(26)28)12-20(29-22)17-7-5-4-6-8-17/h4-12H,13H2,1-3H3,(H,25,27). The molecule has 29 heavy (non-hydrogen) atoms. The maximum Gasteiger partial charge on any atom is 0.262 e. The monoisotopic (exact) mass is 403 g/mol. The number of carbonyl (C=O) groups excluding carboxylic acids is 1. The molecule has 0 aliphatic carbocycles. The Morgan fingerprint density at radius 1 is 1.03 bits per heavy atom. The van der Waals surface area contributed by atoms with Crippen molar-refractivity contribution in [1.82, 2.24) is 9.55 Å². The summed E-state index contributed by atoms with van der Waals surface area (Å²) >= 11 is 1.49. The van der Waals surface area contributed by atoms with Gasteiger partial charge in [-0.05, 0) is 55.7 Å². The molecule has 1 amide bonds. The number of fused-ring (bicyclic) bond motifs is 1. The fourth-order valence-electron chi connectivity index (χ4n) is 3.21. The molecule has 2 aromatic heterocycles. The second-order valence-corrected chi connectivity index (χ2v) is 8.12. The number of hydrogen-bond donors (Lipinski definition) is 1. The minimum Gasteiger partial charge on any atom is -0.325 e. The summed E-state index contributed by atoms with van der Waals surface area (Å²) in [6, 6.07) is 17.5. The lowest BCUT2D eigenvalue weighted by Crippen LogP contribution is -2.29. The molecule has 2 aromatic carbocycles. The maximum atomic E-state index is 13.0. The number of aryl methyl sites for hydroxylation is 3. The van der Waals surface area contributed by atoms with Gasteiger partial charge in [-0.3, -0.25) is 14.2 Å². The van der Waals surface area contributed by atoms with Gasteiger partial charge in [-0.25, -0.2) is 4.98 Å². The average Bonchev–Trinajstić information content (AvgIpc) is 3.13. The van der Waals surface area contributed by atoms with Crippen LogP contribution in [0, 0.1) is 20.8 Å². The van der Waals surface area contributed by atoms with Crippen LogP contribution in [0.15, 0.2) is 59.4 Å². The number of amides is 1. The van der Waals surface area contributed by atoms with E-state index in [1.165, 1.54) is 15.9 Å². The zero-order chi connectivity index (χ0) is 20.5. The van der Waals surface area contributed by atoms with E-state index in [1.807, 2.05) is 68.4 Å². The van der Waals surface area contributed by atoms with E-state index < -0.39 is 0 Å². The largest absolute Gasteiger partial charge is 0.325 e. The first-order valence-electron chi connectivity index (χ1n) is 9.36. The summed E-state index contributed by atoms with van der Waals surface area (Å²) in [5.41, 5.74) is 3.84. The zero-order valence-electron chi connectivity index (χ0n) is 16.5. The van der Waals surface area contributed by atoms with E-state index in [1.54, 1.807) is 6.92 Å². The van der Waals surface area contributed by atoms with Gasteiger partial charge in [0.05, 0.1) is 5.39 Å². The Morgan fingerprint density at radius 2 is 1.79 bits per heavy atom. The molecule has 2 heterocycles. The number of aromatic nitrogens is 2. The molecule has 0 unspecified atom stereocenters. The molecule has 0 saturated heterocycles. The molecule has 0 aliphatic heterocycles. The number of benzene rings is 2. The summed E-state index contributed by atoms with van der Waals surface area (Å²) in [4.78, 5) is 31.8. The van der Waals surface area contributed by atoms with Crippen LogP contribution in [-0.2, 0) is 11.3 Å². The number of nitrogens with one attached hydrogen (secondary N) is 1. The highest BCUT2D eigenvalue weighted by Crippen LogP contribution is 2.30. The van der Waals surface area contributed by atoms with Crippen LogP contribution >= 0.6 is 11.3 Å². The Morgan fingerprint density at radius 3 is 2.52 bits per heavy atom. The predicted octanol–water partition coefficient (Wildman–Crippen LogP) is 4.69. The van der Waals surface area contributed by atoms with Crippen LogP contribution in [-0.4, -0.2) is 15.5 Å². The van der Waals surface area contributed by atoms with Crippen molar-refractivity contribution >= 4 is 33.1 Å². The lowest BCUT2D eigenvalue weighted by atomic mass is 10.1. The molecule has 4 aromatic rings. The van der Waals surface area contributed by atoms with E-state index in [-0.39, 0.29) is 18.0 Å².